The maximum atomic E-state index is 4.45. The summed E-state index contributed by atoms with van der Waals surface area (Å²) < 4.78 is 0. The second-order valence-electron chi connectivity index (χ2n) is 5.79. The molecule has 0 spiro atoms. The number of nitrogens with zero attached hydrogens (tertiary/aromatic N) is 3. The van der Waals surface area contributed by atoms with E-state index in [-0.39, 0.29) is 0 Å². The number of hydrogen-bond donors (Lipinski definition) is 2. The van der Waals surface area contributed by atoms with Gasteiger partial charge in [-0.3, -0.25) is 9.89 Å². The van der Waals surface area contributed by atoms with Gasteiger partial charge in [0.25, 0.3) is 0 Å². The zero-order valence-electron chi connectivity index (χ0n) is 13.7. The first-order valence-electron chi connectivity index (χ1n) is 7.60. The third-order valence-corrected chi connectivity index (χ3v) is 5.10. The van der Waals surface area contributed by atoms with E-state index >= 15 is 0 Å². The molecule has 1 aliphatic carbocycles. The van der Waals surface area contributed by atoms with Crippen LogP contribution in [0, 0.1) is 13.8 Å². The van der Waals surface area contributed by atoms with Crippen molar-refractivity contribution >= 4 is 17.3 Å². The lowest BCUT2D eigenvalue weighted by Crippen LogP contribution is -2.45. The molecule has 1 heterocycles. The summed E-state index contributed by atoms with van der Waals surface area (Å²) in [7, 11) is 4.03. The van der Waals surface area contributed by atoms with E-state index in [2.05, 4.69) is 46.4 Å². The molecule has 118 valence electrons. The Labute approximate surface area is 131 Å². The monoisotopic (exact) mass is 309 g/mol. The fraction of sp³-hybridized carbons (Fsp3) is 0.733. The van der Waals surface area contributed by atoms with E-state index in [4.69, 9.17) is 0 Å². The summed E-state index contributed by atoms with van der Waals surface area (Å²) in [6, 6.07) is 1.31. The van der Waals surface area contributed by atoms with Crippen molar-refractivity contribution in [3.8, 4) is 0 Å². The lowest BCUT2D eigenvalue weighted by atomic mass is 10.3. The van der Waals surface area contributed by atoms with Crippen molar-refractivity contribution in [1.82, 2.24) is 20.5 Å². The highest BCUT2D eigenvalue weighted by atomic mass is 32.1. The molecule has 1 saturated carbocycles. The quantitative estimate of drug-likeness (QED) is 0.622. The first-order chi connectivity index (χ1) is 10.0. The van der Waals surface area contributed by atoms with Gasteiger partial charge in [-0.25, -0.2) is 4.98 Å². The van der Waals surface area contributed by atoms with Crippen LogP contribution in [0.4, 0.5) is 0 Å². The molecule has 1 aromatic rings. The van der Waals surface area contributed by atoms with Crippen LogP contribution >= 0.6 is 11.3 Å². The molecule has 1 atom stereocenters. The van der Waals surface area contributed by atoms with Crippen molar-refractivity contribution < 1.29 is 0 Å². The molecular formula is C15H27N5S. The Bertz CT molecular complexity index is 492. The Hall–Kier alpha value is -1.14. The largest absolute Gasteiger partial charge is 0.355 e. The van der Waals surface area contributed by atoms with Crippen LogP contribution in [0.1, 0.15) is 35.3 Å². The van der Waals surface area contributed by atoms with Crippen molar-refractivity contribution in [2.45, 2.75) is 52.2 Å². The molecule has 1 unspecified atom stereocenters. The van der Waals surface area contributed by atoms with Crippen molar-refractivity contribution in [3.05, 3.63) is 15.6 Å². The summed E-state index contributed by atoms with van der Waals surface area (Å²) in [5.74, 6) is 0.858. The standard InChI is InChI=1S/C15H27N5S/c1-10(20(5)13-6-7-13)8-17-15(16-4)18-9-14-11(2)19-12(3)21-14/h10,13H,6-9H2,1-5H3,(H2,16,17,18). The molecule has 21 heavy (non-hydrogen) atoms. The molecule has 1 aliphatic rings. The van der Waals surface area contributed by atoms with Crippen LogP contribution in [-0.4, -0.2) is 48.6 Å². The third-order valence-electron chi connectivity index (χ3n) is 4.02. The van der Waals surface area contributed by atoms with Crippen LogP contribution in [0.3, 0.4) is 0 Å². The van der Waals surface area contributed by atoms with Crippen LogP contribution in [0.5, 0.6) is 0 Å². The van der Waals surface area contributed by atoms with Crippen molar-refractivity contribution in [2.24, 2.45) is 4.99 Å². The molecule has 5 nitrogen and oxygen atoms in total. The molecule has 0 saturated heterocycles. The van der Waals surface area contributed by atoms with Gasteiger partial charge in [0.15, 0.2) is 5.96 Å². The number of aryl methyl sites for hydroxylation is 2. The number of nitrogens with one attached hydrogen (secondary N) is 2. The average molecular weight is 309 g/mol. The minimum Gasteiger partial charge on any atom is -0.355 e. The van der Waals surface area contributed by atoms with Crippen LogP contribution in [0.25, 0.3) is 0 Å². The topological polar surface area (TPSA) is 52.6 Å². The predicted molar refractivity (Wildman–Crippen MR) is 90.0 cm³/mol. The number of rotatable bonds is 6. The van der Waals surface area contributed by atoms with E-state index < -0.39 is 0 Å². The van der Waals surface area contributed by atoms with E-state index in [1.54, 1.807) is 11.3 Å². The number of aliphatic imine (C=N–C) groups is 1. The first kappa shape index (κ1) is 16.2. The number of thiazole rings is 1. The fourth-order valence-corrected chi connectivity index (χ4v) is 3.23. The molecule has 6 heteroatoms. The highest BCUT2D eigenvalue weighted by Gasteiger charge is 2.28. The Balaban J connectivity index is 1.76. The van der Waals surface area contributed by atoms with E-state index in [0.717, 1.165) is 35.8 Å². The molecule has 0 amide bonds. The summed E-state index contributed by atoms with van der Waals surface area (Å²) >= 11 is 1.74. The summed E-state index contributed by atoms with van der Waals surface area (Å²) in [6.45, 7) is 8.06. The maximum Gasteiger partial charge on any atom is 0.191 e. The normalized spacial score (nSPS) is 17.1. The second-order valence-corrected chi connectivity index (χ2v) is 7.08. The zero-order valence-corrected chi connectivity index (χ0v) is 14.5. The van der Waals surface area contributed by atoms with Gasteiger partial charge >= 0.3 is 0 Å². The van der Waals surface area contributed by atoms with Gasteiger partial charge in [0.1, 0.15) is 0 Å². The molecule has 0 aliphatic heterocycles. The van der Waals surface area contributed by atoms with Gasteiger partial charge < -0.3 is 10.6 Å². The second kappa shape index (κ2) is 7.22. The van der Waals surface area contributed by atoms with Crippen LogP contribution in [0.15, 0.2) is 4.99 Å². The third kappa shape index (κ3) is 4.68. The van der Waals surface area contributed by atoms with E-state index in [9.17, 15) is 0 Å². The van der Waals surface area contributed by atoms with Gasteiger partial charge in [0, 0.05) is 30.6 Å². The average Bonchev–Trinajstić information content (AvgIpc) is 3.24. The van der Waals surface area contributed by atoms with Crippen molar-refractivity contribution in [3.63, 3.8) is 0 Å². The molecule has 1 fully saturated rings. The molecule has 0 aromatic carbocycles. The van der Waals surface area contributed by atoms with Gasteiger partial charge in [-0.2, -0.15) is 0 Å². The molecular weight excluding hydrogens is 282 g/mol. The lowest BCUT2D eigenvalue weighted by molar-refractivity contribution is 0.247. The molecule has 0 bridgehead atoms. The van der Waals surface area contributed by atoms with Crippen LogP contribution in [-0.2, 0) is 6.54 Å². The predicted octanol–water partition coefficient (Wildman–Crippen LogP) is 1.91. The van der Waals surface area contributed by atoms with Gasteiger partial charge in [-0.05, 0) is 40.7 Å². The first-order valence-corrected chi connectivity index (χ1v) is 8.42. The molecule has 2 N–H and O–H groups in total. The summed E-state index contributed by atoms with van der Waals surface area (Å²) in [5.41, 5.74) is 1.11. The summed E-state index contributed by atoms with van der Waals surface area (Å²) in [5, 5.41) is 7.90. The Morgan fingerprint density at radius 1 is 1.43 bits per heavy atom. The zero-order chi connectivity index (χ0) is 15.4. The lowest BCUT2D eigenvalue weighted by Gasteiger charge is -2.25. The Kier molecular flexibility index (Phi) is 5.58. The minimum atomic E-state index is 0.517. The van der Waals surface area contributed by atoms with Gasteiger partial charge in [-0.1, -0.05) is 0 Å². The summed E-state index contributed by atoms with van der Waals surface area (Å²) in [4.78, 5) is 12.5. The van der Waals surface area contributed by atoms with Crippen LogP contribution in [0.2, 0.25) is 0 Å². The van der Waals surface area contributed by atoms with Crippen LogP contribution < -0.4 is 10.6 Å². The Morgan fingerprint density at radius 2 is 2.14 bits per heavy atom. The number of aromatic nitrogens is 1. The van der Waals surface area contributed by atoms with Crippen molar-refractivity contribution in [2.75, 3.05) is 20.6 Å². The molecule has 2 rings (SSSR count). The minimum absolute atomic E-state index is 0.517. The number of likely N-dealkylation sites (N-methyl/N-ethyl adjacent to an activating group) is 1. The fourth-order valence-electron chi connectivity index (χ4n) is 2.35. The highest BCUT2D eigenvalue weighted by Crippen LogP contribution is 2.26. The van der Waals surface area contributed by atoms with Gasteiger partial charge in [0.05, 0.1) is 17.2 Å². The number of hydrogen-bond acceptors (Lipinski definition) is 4. The van der Waals surface area contributed by atoms with Gasteiger partial charge in [-0.15, -0.1) is 11.3 Å². The summed E-state index contributed by atoms with van der Waals surface area (Å²) in [6.07, 6.45) is 2.69. The van der Waals surface area contributed by atoms with E-state index in [1.165, 1.54) is 17.7 Å². The maximum absolute atomic E-state index is 4.45. The SMILES string of the molecule is CN=C(NCc1sc(C)nc1C)NCC(C)N(C)C1CC1. The Morgan fingerprint density at radius 3 is 2.67 bits per heavy atom. The van der Waals surface area contributed by atoms with Gasteiger partial charge in [0.2, 0.25) is 0 Å². The number of guanidine groups is 1. The molecule has 0 radical (unpaired) electrons. The van der Waals surface area contributed by atoms with E-state index in [1.807, 2.05) is 14.0 Å². The highest BCUT2D eigenvalue weighted by molar-refractivity contribution is 7.11. The van der Waals surface area contributed by atoms with E-state index in [0.29, 0.717) is 6.04 Å². The van der Waals surface area contributed by atoms with Crippen molar-refractivity contribution in [1.29, 1.82) is 0 Å². The molecule has 1 aromatic heterocycles. The smallest absolute Gasteiger partial charge is 0.191 e.